The zero-order valence-corrected chi connectivity index (χ0v) is 9.05. The standard InChI is InChI=1S/C10H17NO2S/c12-10(13)9-5-7(1-3-11-9)8-2-4-14-6-8/h7-9,11H,1-6H2,(H,12,13). The van der Waals surface area contributed by atoms with E-state index in [-0.39, 0.29) is 6.04 Å². The Hall–Kier alpha value is -0.220. The smallest absolute Gasteiger partial charge is 0.320 e. The number of thioether (sulfide) groups is 1. The molecule has 0 aromatic rings. The molecule has 14 heavy (non-hydrogen) atoms. The number of carboxylic acid groups (broad SMARTS) is 1. The lowest BCUT2D eigenvalue weighted by atomic mass is 9.82. The van der Waals surface area contributed by atoms with E-state index in [0.29, 0.717) is 5.92 Å². The Bertz CT molecular complexity index is 216. The van der Waals surface area contributed by atoms with Gasteiger partial charge in [0.25, 0.3) is 0 Å². The molecule has 0 amide bonds. The molecule has 0 spiro atoms. The van der Waals surface area contributed by atoms with Crippen molar-refractivity contribution >= 4 is 17.7 Å². The minimum Gasteiger partial charge on any atom is -0.480 e. The van der Waals surface area contributed by atoms with Gasteiger partial charge in [0.1, 0.15) is 6.04 Å². The highest BCUT2D eigenvalue weighted by atomic mass is 32.2. The van der Waals surface area contributed by atoms with Crippen molar-refractivity contribution in [2.45, 2.75) is 25.3 Å². The van der Waals surface area contributed by atoms with Crippen LogP contribution in [0.15, 0.2) is 0 Å². The molecule has 0 aliphatic carbocycles. The average molecular weight is 215 g/mol. The SMILES string of the molecule is O=C(O)C1CC(C2CCSC2)CCN1. The van der Waals surface area contributed by atoms with Gasteiger partial charge in [0.05, 0.1) is 0 Å². The van der Waals surface area contributed by atoms with Crippen LogP contribution in [0.1, 0.15) is 19.3 Å². The monoisotopic (exact) mass is 215 g/mol. The van der Waals surface area contributed by atoms with Crippen LogP contribution in [-0.4, -0.2) is 35.2 Å². The number of rotatable bonds is 2. The summed E-state index contributed by atoms with van der Waals surface area (Å²) in [5, 5.41) is 12.0. The van der Waals surface area contributed by atoms with E-state index < -0.39 is 5.97 Å². The largest absolute Gasteiger partial charge is 0.480 e. The van der Waals surface area contributed by atoms with Gasteiger partial charge in [-0.05, 0) is 49.1 Å². The van der Waals surface area contributed by atoms with Crippen molar-refractivity contribution in [2.75, 3.05) is 18.1 Å². The minimum atomic E-state index is -0.680. The van der Waals surface area contributed by atoms with Crippen LogP contribution in [-0.2, 0) is 4.79 Å². The Morgan fingerprint density at radius 3 is 2.86 bits per heavy atom. The number of carbonyl (C=O) groups is 1. The average Bonchev–Trinajstić information content (AvgIpc) is 2.71. The highest BCUT2D eigenvalue weighted by molar-refractivity contribution is 7.99. The molecule has 2 N–H and O–H groups in total. The Labute approximate surface area is 88.6 Å². The van der Waals surface area contributed by atoms with Gasteiger partial charge in [-0.2, -0.15) is 11.8 Å². The molecule has 0 aromatic carbocycles. The van der Waals surface area contributed by atoms with Crippen molar-refractivity contribution in [3.63, 3.8) is 0 Å². The molecule has 0 saturated carbocycles. The third kappa shape index (κ3) is 2.23. The van der Waals surface area contributed by atoms with Gasteiger partial charge in [-0.1, -0.05) is 0 Å². The topological polar surface area (TPSA) is 49.3 Å². The second-order valence-electron chi connectivity index (χ2n) is 4.25. The highest BCUT2D eigenvalue weighted by Gasteiger charge is 2.32. The molecular weight excluding hydrogens is 198 g/mol. The first-order valence-corrected chi connectivity index (χ1v) is 6.47. The van der Waals surface area contributed by atoms with E-state index in [9.17, 15) is 4.79 Å². The van der Waals surface area contributed by atoms with Gasteiger partial charge in [-0.25, -0.2) is 0 Å². The maximum absolute atomic E-state index is 10.8. The predicted octanol–water partition coefficient (Wildman–Crippen LogP) is 1.19. The van der Waals surface area contributed by atoms with Gasteiger partial charge in [-0.15, -0.1) is 0 Å². The zero-order chi connectivity index (χ0) is 9.97. The molecule has 3 nitrogen and oxygen atoms in total. The van der Waals surface area contributed by atoms with Crippen molar-refractivity contribution < 1.29 is 9.90 Å². The Morgan fingerprint density at radius 1 is 1.36 bits per heavy atom. The molecule has 3 unspecified atom stereocenters. The fraction of sp³-hybridized carbons (Fsp3) is 0.900. The van der Waals surface area contributed by atoms with E-state index in [4.69, 9.17) is 5.11 Å². The maximum Gasteiger partial charge on any atom is 0.320 e. The van der Waals surface area contributed by atoms with Crippen LogP contribution < -0.4 is 5.32 Å². The fourth-order valence-corrected chi connectivity index (χ4v) is 3.87. The van der Waals surface area contributed by atoms with E-state index >= 15 is 0 Å². The quantitative estimate of drug-likeness (QED) is 0.726. The summed E-state index contributed by atoms with van der Waals surface area (Å²) in [7, 11) is 0. The molecule has 0 bridgehead atoms. The normalized spacial score (nSPS) is 38.4. The summed E-state index contributed by atoms with van der Waals surface area (Å²) in [5.41, 5.74) is 0. The van der Waals surface area contributed by atoms with E-state index in [0.717, 1.165) is 25.3 Å². The molecule has 3 atom stereocenters. The van der Waals surface area contributed by atoms with Gasteiger partial charge in [0, 0.05) is 0 Å². The van der Waals surface area contributed by atoms with E-state index in [1.54, 1.807) is 0 Å². The molecule has 80 valence electrons. The number of aliphatic carboxylic acids is 1. The van der Waals surface area contributed by atoms with E-state index in [1.807, 2.05) is 11.8 Å². The summed E-state index contributed by atoms with van der Waals surface area (Å²) in [6.45, 7) is 0.878. The summed E-state index contributed by atoms with van der Waals surface area (Å²) >= 11 is 2.02. The van der Waals surface area contributed by atoms with Crippen LogP contribution >= 0.6 is 11.8 Å². The van der Waals surface area contributed by atoms with Crippen molar-refractivity contribution in [1.82, 2.24) is 5.32 Å². The van der Waals surface area contributed by atoms with Crippen LogP contribution in [0.25, 0.3) is 0 Å². The molecular formula is C10H17NO2S. The van der Waals surface area contributed by atoms with Crippen LogP contribution in [0.3, 0.4) is 0 Å². The van der Waals surface area contributed by atoms with E-state index in [1.165, 1.54) is 17.9 Å². The van der Waals surface area contributed by atoms with Gasteiger partial charge in [0.15, 0.2) is 0 Å². The summed E-state index contributed by atoms with van der Waals surface area (Å²) < 4.78 is 0. The zero-order valence-electron chi connectivity index (χ0n) is 8.24. The lowest BCUT2D eigenvalue weighted by Gasteiger charge is -2.31. The van der Waals surface area contributed by atoms with Crippen LogP contribution in [0.5, 0.6) is 0 Å². The molecule has 4 heteroatoms. The number of nitrogens with one attached hydrogen (secondary N) is 1. The minimum absolute atomic E-state index is 0.292. The van der Waals surface area contributed by atoms with Crippen LogP contribution in [0.2, 0.25) is 0 Å². The fourth-order valence-electron chi connectivity index (χ4n) is 2.49. The lowest BCUT2D eigenvalue weighted by Crippen LogP contribution is -2.45. The molecule has 2 aliphatic rings. The number of carboxylic acids is 1. The first-order valence-electron chi connectivity index (χ1n) is 5.31. The molecule has 2 fully saturated rings. The first kappa shape index (κ1) is 10.3. The lowest BCUT2D eigenvalue weighted by molar-refractivity contribution is -0.140. The van der Waals surface area contributed by atoms with Gasteiger partial charge >= 0.3 is 5.97 Å². The van der Waals surface area contributed by atoms with Gasteiger partial charge < -0.3 is 10.4 Å². The Kier molecular flexibility index (Phi) is 3.34. The second kappa shape index (κ2) is 4.53. The molecule has 2 heterocycles. The van der Waals surface area contributed by atoms with Gasteiger partial charge in [0.2, 0.25) is 0 Å². The summed E-state index contributed by atoms with van der Waals surface area (Å²) in [6, 6.07) is -0.292. The predicted molar refractivity (Wildman–Crippen MR) is 57.6 cm³/mol. The number of hydrogen-bond donors (Lipinski definition) is 2. The van der Waals surface area contributed by atoms with Crippen LogP contribution in [0.4, 0.5) is 0 Å². The van der Waals surface area contributed by atoms with Crippen molar-refractivity contribution in [3.05, 3.63) is 0 Å². The summed E-state index contributed by atoms with van der Waals surface area (Å²) in [5.74, 6) is 3.26. The van der Waals surface area contributed by atoms with Crippen molar-refractivity contribution in [1.29, 1.82) is 0 Å². The molecule has 2 aliphatic heterocycles. The van der Waals surface area contributed by atoms with Crippen molar-refractivity contribution in [2.24, 2.45) is 11.8 Å². The molecule has 2 rings (SSSR count). The van der Waals surface area contributed by atoms with Crippen molar-refractivity contribution in [3.8, 4) is 0 Å². The molecule has 2 saturated heterocycles. The second-order valence-corrected chi connectivity index (χ2v) is 5.40. The number of piperidine rings is 1. The first-order chi connectivity index (χ1) is 6.77. The number of hydrogen-bond acceptors (Lipinski definition) is 3. The third-order valence-electron chi connectivity index (χ3n) is 3.37. The summed E-state index contributed by atoms with van der Waals surface area (Å²) in [6.07, 6.45) is 3.29. The van der Waals surface area contributed by atoms with E-state index in [2.05, 4.69) is 5.32 Å². The highest BCUT2D eigenvalue weighted by Crippen LogP contribution is 2.35. The Balaban J connectivity index is 1.89. The van der Waals surface area contributed by atoms with Gasteiger partial charge in [-0.3, -0.25) is 4.79 Å². The van der Waals surface area contributed by atoms with Crippen LogP contribution in [0, 0.1) is 11.8 Å². The third-order valence-corrected chi connectivity index (χ3v) is 4.56. The molecule has 0 radical (unpaired) electrons. The Morgan fingerprint density at radius 2 is 2.21 bits per heavy atom. The maximum atomic E-state index is 10.8. The molecule has 0 aromatic heterocycles. The summed E-state index contributed by atoms with van der Waals surface area (Å²) in [4.78, 5) is 10.8.